The van der Waals surface area contributed by atoms with Crippen LogP contribution in [0.15, 0.2) is 53.5 Å². The number of benzene rings is 2. The quantitative estimate of drug-likeness (QED) is 0.427. The number of carbonyl (C=O) groups excluding carboxylic acids is 1. The monoisotopic (exact) mass is 434 g/mol. The van der Waals surface area contributed by atoms with E-state index in [4.69, 9.17) is 4.74 Å². The normalized spacial score (nSPS) is 19.4. The van der Waals surface area contributed by atoms with Crippen LogP contribution in [-0.4, -0.2) is 42.5 Å². The number of nitrogens with zero attached hydrogens (tertiary/aromatic N) is 2. The Morgan fingerprint density at radius 3 is 2.72 bits per heavy atom. The maximum absolute atomic E-state index is 12.7. The molecule has 4 rings (SSSR count). The molecule has 6 heteroatoms. The van der Waals surface area contributed by atoms with E-state index in [0.717, 1.165) is 49.6 Å². The molecule has 2 N–H and O–H groups in total. The summed E-state index contributed by atoms with van der Waals surface area (Å²) in [6, 6.07) is 16.7. The third-order valence-electron chi connectivity index (χ3n) is 6.25. The van der Waals surface area contributed by atoms with Gasteiger partial charge in [-0.25, -0.2) is 0 Å². The van der Waals surface area contributed by atoms with Crippen LogP contribution in [0.5, 0.6) is 5.75 Å². The standard InChI is InChI=1S/C26H34N4O2/c1-26(2)17-22(21-11-6-7-12-23(21)32-26)29-25(27-3)28-15-8-13-24(31)30-16-14-19-9-4-5-10-20(19)18-30/h4-7,9-12,22H,8,13-18H2,1-3H3,(H2,27,28,29). The zero-order valence-corrected chi connectivity index (χ0v) is 19.4. The number of para-hydroxylation sites is 1. The molecular formula is C26H34N4O2. The van der Waals surface area contributed by atoms with Crippen molar-refractivity contribution in [1.29, 1.82) is 0 Å². The van der Waals surface area contributed by atoms with E-state index in [2.05, 4.69) is 53.7 Å². The van der Waals surface area contributed by atoms with E-state index in [1.54, 1.807) is 7.05 Å². The van der Waals surface area contributed by atoms with E-state index in [0.29, 0.717) is 13.0 Å². The molecule has 32 heavy (non-hydrogen) atoms. The number of aliphatic imine (C=N–C) groups is 1. The molecule has 0 radical (unpaired) electrons. The second-order valence-electron chi connectivity index (χ2n) is 9.24. The van der Waals surface area contributed by atoms with Crippen molar-refractivity contribution in [1.82, 2.24) is 15.5 Å². The maximum Gasteiger partial charge on any atom is 0.222 e. The molecule has 1 unspecified atom stereocenters. The Hall–Kier alpha value is -3.02. The Balaban J connectivity index is 1.26. The highest BCUT2D eigenvalue weighted by atomic mass is 16.5. The van der Waals surface area contributed by atoms with Crippen molar-refractivity contribution in [2.24, 2.45) is 4.99 Å². The van der Waals surface area contributed by atoms with Crippen LogP contribution in [0.25, 0.3) is 0 Å². The van der Waals surface area contributed by atoms with Gasteiger partial charge in [-0.15, -0.1) is 0 Å². The van der Waals surface area contributed by atoms with Crippen LogP contribution in [0.1, 0.15) is 55.8 Å². The van der Waals surface area contributed by atoms with Crippen molar-refractivity contribution in [3.05, 3.63) is 65.2 Å². The Bertz CT molecular complexity index is 985. The summed E-state index contributed by atoms with van der Waals surface area (Å²) in [6.07, 6.45) is 3.10. The SMILES string of the molecule is CN=C(NCCCC(=O)N1CCc2ccccc2C1)NC1CC(C)(C)Oc2ccccc21. The third kappa shape index (κ3) is 5.23. The lowest BCUT2D eigenvalue weighted by molar-refractivity contribution is -0.132. The molecule has 0 saturated heterocycles. The number of hydrogen-bond acceptors (Lipinski definition) is 3. The van der Waals surface area contributed by atoms with Crippen LogP contribution in [0.4, 0.5) is 0 Å². The van der Waals surface area contributed by atoms with Gasteiger partial charge in [-0.2, -0.15) is 0 Å². The number of amides is 1. The maximum atomic E-state index is 12.7. The van der Waals surface area contributed by atoms with Gasteiger partial charge in [-0.1, -0.05) is 42.5 Å². The van der Waals surface area contributed by atoms with E-state index in [9.17, 15) is 4.79 Å². The molecule has 2 aliphatic rings. The summed E-state index contributed by atoms with van der Waals surface area (Å²) in [5.41, 5.74) is 3.54. The zero-order valence-electron chi connectivity index (χ0n) is 19.4. The Morgan fingerprint density at radius 1 is 1.16 bits per heavy atom. The van der Waals surface area contributed by atoms with E-state index in [1.165, 1.54) is 11.1 Å². The fourth-order valence-electron chi connectivity index (χ4n) is 4.60. The molecule has 1 atom stereocenters. The molecule has 1 amide bonds. The molecule has 2 aromatic rings. The highest BCUT2D eigenvalue weighted by molar-refractivity contribution is 5.80. The van der Waals surface area contributed by atoms with Gasteiger partial charge in [-0.05, 0) is 43.9 Å². The first-order valence-corrected chi connectivity index (χ1v) is 11.5. The summed E-state index contributed by atoms with van der Waals surface area (Å²) >= 11 is 0. The zero-order chi connectivity index (χ0) is 22.6. The van der Waals surface area contributed by atoms with Crippen LogP contribution < -0.4 is 15.4 Å². The Kier molecular flexibility index (Phi) is 6.68. The van der Waals surface area contributed by atoms with Crippen LogP contribution in [0.3, 0.4) is 0 Å². The van der Waals surface area contributed by atoms with Gasteiger partial charge in [0.15, 0.2) is 5.96 Å². The summed E-state index contributed by atoms with van der Waals surface area (Å²) in [5.74, 6) is 1.90. The molecule has 2 aromatic carbocycles. The van der Waals surface area contributed by atoms with Crippen molar-refractivity contribution in [2.75, 3.05) is 20.1 Å². The number of hydrogen-bond donors (Lipinski definition) is 2. The first kappa shape index (κ1) is 22.2. The first-order valence-electron chi connectivity index (χ1n) is 11.5. The molecule has 2 heterocycles. The Labute approximate surface area is 191 Å². The number of nitrogens with one attached hydrogen (secondary N) is 2. The molecule has 0 saturated carbocycles. The van der Waals surface area contributed by atoms with E-state index < -0.39 is 0 Å². The molecular weight excluding hydrogens is 400 g/mol. The highest BCUT2D eigenvalue weighted by Gasteiger charge is 2.34. The molecule has 170 valence electrons. The fourth-order valence-corrected chi connectivity index (χ4v) is 4.60. The van der Waals surface area contributed by atoms with Gasteiger partial charge < -0.3 is 20.3 Å². The van der Waals surface area contributed by atoms with Gasteiger partial charge in [0.1, 0.15) is 11.4 Å². The molecule has 0 spiro atoms. The van der Waals surface area contributed by atoms with Gasteiger partial charge in [0.2, 0.25) is 5.91 Å². The lowest BCUT2D eigenvalue weighted by Gasteiger charge is -2.38. The third-order valence-corrected chi connectivity index (χ3v) is 6.25. The summed E-state index contributed by atoms with van der Waals surface area (Å²) < 4.78 is 6.13. The highest BCUT2D eigenvalue weighted by Crippen LogP contribution is 2.39. The van der Waals surface area contributed by atoms with Crippen molar-refractivity contribution in [2.45, 2.75) is 57.7 Å². The second kappa shape index (κ2) is 9.63. The predicted molar refractivity (Wildman–Crippen MR) is 128 cm³/mol. The minimum atomic E-state index is -0.246. The number of carbonyl (C=O) groups is 1. The number of guanidine groups is 1. The van der Waals surface area contributed by atoms with Gasteiger partial charge in [-0.3, -0.25) is 9.79 Å². The van der Waals surface area contributed by atoms with Crippen molar-refractivity contribution >= 4 is 11.9 Å². The lowest BCUT2D eigenvalue weighted by atomic mass is 9.90. The topological polar surface area (TPSA) is 66.0 Å². The van der Waals surface area contributed by atoms with Gasteiger partial charge >= 0.3 is 0 Å². The summed E-state index contributed by atoms with van der Waals surface area (Å²) in [4.78, 5) is 19.1. The minimum absolute atomic E-state index is 0.121. The van der Waals surface area contributed by atoms with Crippen molar-refractivity contribution in [3.63, 3.8) is 0 Å². The molecule has 2 aliphatic heterocycles. The van der Waals surface area contributed by atoms with E-state index in [-0.39, 0.29) is 17.6 Å². The number of ether oxygens (including phenoxy) is 1. The molecule has 0 fully saturated rings. The largest absolute Gasteiger partial charge is 0.487 e. The van der Waals surface area contributed by atoms with Crippen molar-refractivity contribution in [3.8, 4) is 5.75 Å². The predicted octanol–water partition coefficient (Wildman–Crippen LogP) is 3.82. The summed E-state index contributed by atoms with van der Waals surface area (Å²) in [7, 11) is 1.78. The average Bonchev–Trinajstić information content (AvgIpc) is 2.79. The van der Waals surface area contributed by atoms with Gasteiger partial charge in [0.25, 0.3) is 0 Å². The van der Waals surface area contributed by atoms with Gasteiger partial charge in [0, 0.05) is 45.1 Å². The van der Waals surface area contributed by atoms with Crippen LogP contribution >= 0.6 is 0 Å². The Morgan fingerprint density at radius 2 is 1.91 bits per heavy atom. The van der Waals surface area contributed by atoms with E-state index >= 15 is 0 Å². The number of rotatable bonds is 5. The first-order chi connectivity index (χ1) is 15.4. The van der Waals surface area contributed by atoms with Crippen LogP contribution in [-0.2, 0) is 17.8 Å². The molecule has 6 nitrogen and oxygen atoms in total. The summed E-state index contributed by atoms with van der Waals surface area (Å²) in [6.45, 7) is 6.46. The second-order valence-corrected chi connectivity index (χ2v) is 9.24. The molecule has 0 aliphatic carbocycles. The smallest absolute Gasteiger partial charge is 0.222 e. The summed E-state index contributed by atoms with van der Waals surface area (Å²) in [5, 5.41) is 6.92. The average molecular weight is 435 g/mol. The lowest BCUT2D eigenvalue weighted by Crippen LogP contribution is -2.45. The van der Waals surface area contributed by atoms with Crippen molar-refractivity contribution < 1.29 is 9.53 Å². The minimum Gasteiger partial charge on any atom is -0.487 e. The fraction of sp³-hybridized carbons (Fsp3) is 0.462. The van der Waals surface area contributed by atoms with E-state index in [1.807, 2.05) is 29.2 Å². The molecule has 0 bridgehead atoms. The van der Waals surface area contributed by atoms with Crippen LogP contribution in [0, 0.1) is 0 Å². The number of fused-ring (bicyclic) bond motifs is 2. The van der Waals surface area contributed by atoms with Crippen LogP contribution in [0.2, 0.25) is 0 Å². The molecule has 0 aromatic heterocycles. The van der Waals surface area contributed by atoms with Gasteiger partial charge in [0.05, 0.1) is 6.04 Å².